The largest absolute Gasteiger partial charge is 0.315 e. The maximum Gasteiger partial charge on any atom is 0.212 e. The van der Waals surface area contributed by atoms with Crippen LogP contribution in [-0.4, -0.2) is 26.8 Å². The zero-order valence-electron chi connectivity index (χ0n) is 12.9. The molecule has 1 rings (SSSR count). The molecule has 0 fully saturated rings. The molecular formula is C15H25ClN2O2S. The molecule has 6 heteroatoms. The van der Waals surface area contributed by atoms with Gasteiger partial charge in [0.05, 0.1) is 5.75 Å². The van der Waals surface area contributed by atoms with Crippen molar-refractivity contribution >= 4 is 21.6 Å². The second kappa shape index (κ2) is 8.73. The van der Waals surface area contributed by atoms with Gasteiger partial charge in [-0.2, -0.15) is 0 Å². The number of halogens is 1. The van der Waals surface area contributed by atoms with E-state index in [1.165, 1.54) is 0 Å². The van der Waals surface area contributed by atoms with Crippen molar-refractivity contribution in [3.63, 3.8) is 0 Å². The van der Waals surface area contributed by atoms with Crippen LogP contribution in [0.25, 0.3) is 0 Å². The maximum absolute atomic E-state index is 12.0. The van der Waals surface area contributed by atoms with Crippen LogP contribution in [0, 0.1) is 0 Å². The Kier molecular flexibility index (Phi) is 7.66. The number of nitrogens with one attached hydrogen (secondary N) is 2. The monoisotopic (exact) mass is 332 g/mol. The minimum Gasteiger partial charge on any atom is -0.315 e. The standard InChI is InChI=1S/C15H25ClN2O2S/c1-12(2)17-10-6-7-11-21(19,20)18-13(3)14-8-4-5-9-15(14)16/h4-5,8-9,12-13,17-18H,6-7,10-11H2,1-3H3. The van der Waals surface area contributed by atoms with Gasteiger partial charge in [-0.1, -0.05) is 43.6 Å². The second-order valence-electron chi connectivity index (χ2n) is 5.50. The van der Waals surface area contributed by atoms with Crippen molar-refractivity contribution < 1.29 is 8.42 Å². The third-order valence-corrected chi connectivity index (χ3v) is 5.00. The summed E-state index contributed by atoms with van der Waals surface area (Å²) in [5.41, 5.74) is 0.796. The van der Waals surface area contributed by atoms with E-state index in [2.05, 4.69) is 23.9 Å². The van der Waals surface area contributed by atoms with Crippen molar-refractivity contribution in [2.75, 3.05) is 12.3 Å². The van der Waals surface area contributed by atoms with Gasteiger partial charge in [0, 0.05) is 17.1 Å². The molecule has 0 aliphatic heterocycles. The Labute approximate surface area is 133 Å². The minimum atomic E-state index is -3.28. The van der Waals surface area contributed by atoms with Crippen molar-refractivity contribution in [3.8, 4) is 0 Å². The summed E-state index contributed by atoms with van der Waals surface area (Å²) in [5, 5.41) is 3.85. The Balaban J connectivity index is 2.43. The van der Waals surface area contributed by atoms with Crippen molar-refractivity contribution in [3.05, 3.63) is 34.9 Å². The summed E-state index contributed by atoms with van der Waals surface area (Å²) in [7, 11) is -3.28. The first-order valence-corrected chi connectivity index (χ1v) is 9.32. The Morgan fingerprint density at radius 2 is 1.81 bits per heavy atom. The van der Waals surface area contributed by atoms with Crippen LogP contribution in [-0.2, 0) is 10.0 Å². The fraction of sp³-hybridized carbons (Fsp3) is 0.600. The minimum absolute atomic E-state index is 0.140. The zero-order chi connectivity index (χ0) is 15.9. The van der Waals surface area contributed by atoms with Crippen LogP contribution < -0.4 is 10.0 Å². The summed E-state index contributed by atoms with van der Waals surface area (Å²) < 4.78 is 26.8. The van der Waals surface area contributed by atoms with E-state index in [0.717, 1.165) is 18.5 Å². The molecule has 0 aromatic heterocycles. The summed E-state index contributed by atoms with van der Waals surface area (Å²) >= 11 is 6.08. The maximum atomic E-state index is 12.0. The van der Waals surface area contributed by atoms with Gasteiger partial charge in [-0.15, -0.1) is 0 Å². The predicted octanol–water partition coefficient (Wildman–Crippen LogP) is 3.10. The van der Waals surface area contributed by atoms with E-state index in [4.69, 9.17) is 11.6 Å². The number of rotatable bonds is 9. The molecule has 0 spiro atoms. The number of sulfonamides is 1. The zero-order valence-corrected chi connectivity index (χ0v) is 14.5. The molecule has 0 amide bonds. The molecule has 0 saturated heterocycles. The molecule has 0 aliphatic rings. The van der Waals surface area contributed by atoms with E-state index in [1.54, 1.807) is 13.0 Å². The van der Waals surface area contributed by atoms with Crippen LogP contribution >= 0.6 is 11.6 Å². The van der Waals surface area contributed by atoms with Gasteiger partial charge in [0.2, 0.25) is 10.0 Å². The number of hydrogen-bond donors (Lipinski definition) is 2. The summed E-state index contributed by atoms with van der Waals surface area (Å²) in [6.45, 7) is 6.79. The Morgan fingerprint density at radius 3 is 2.43 bits per heavy atom. The van der Waals surface area contributed by atoms with Gasteiger partial charge in [0.15, 0.2) is 0 Å². The van der Waals surface area contributed by atoms with Crippen LogP contribution in [0.15, 0.2) is 24.3 Å². The van der Waals surface area contributed by atoms with E-state index >= 15 is 0 Å². The fourth-order valence-corrected chi connectivity index (χ4v) is 3.69. The van der Waals surface area contributed by atoms with Gasteiger partial charge in [0.1, 0.15) is 0 Å². The quantitative estimate of drug-likeness (QED) is 0.683. The van der Waals surface area contributed by atoms with E-state index in [-0.39, 0.29) is 11.8 Å². The van der Waals surface area contributed by atoms with E-state index in [9.17, 15) is 8.42 Å². The van der Waals surface area contributed by atoms with Gasteiger partial charge in [-0.25, -0.2) is 13.1 Å². The SMILES string of the molecule is CC(C)NCCCCS(=O)(=O)NC(C)c1ccccc1Cl. The van der Waals surface area contributed by atoms with E-state index in [0.29, 0.717) is 17.5 Å². The Morgan fingerprint density at radius 1 is 1.14 bits per heavy atom. The highest BCUT2D eigenvalue weighted by molar-refractivity contribution is 7.89. The highest BCUT2D eigenvalue weighted by Crippen LogP contribution is 2.22. The lowest BCUT2D eigenvalue weighted by atomic mass is 10.1. The van der Waals surface area contributed by atoms with Gasteiger partial charge < -0.3 is 5.32 Å². The molecule has 21 heavy (non-hydrogen) atoms. The molecule has 0 aliphatic carbocycles. The summed E-state index contributed by atoms with van der Waals surface area (Å²) in [6, 6.07) is 7.39. The van der Waals surface area contributed by atoms with Crippen molar-refractivity contribution in [1.82, 2.24) is 10.0 Å². The van der Waals surface area contributed by atoms with Crippen LogP contribution in [0.2, 0.25) is 5.02 Å². The third-order valence-electron chi connectivity index (χ3n) is 3.12. The van der Waals surface area contributed by atoms with E-state index in [1.807, 2.05) is 18.2 Å². The molecule has 120 valence electrons. The normalized spacial score (nSPS) is 13.6. The lowest BCUT2D eigenvalue weighted by Gasteiger charge is -2.16. The van der Waals surface area contributed by atoms with Gasteiger partial charge in [0.25, 0.3) is 0 Å². The van der Waals surface area contributed by atoms with Crippen LogP contribution in [0.1, 0.15) is 45.2 Å². The van der Waals surface area contributed by atoms with E-state index < -0.39 is 10.0 Å². The lowest BCUT2D eigenvalue weighted by Crippen LogP contribution is -2.30. The van der Waals surface area contributed by atoms with Crippen LogP contribution in [0.4, 0.5) is 0 Å². The molecule has 0 bridgehead atoms. The highest BCUT2D eigenvalue weighted by Gasteiger charge is 2.17. The average molecular weight is 333 g/mol. The summed E-state index contributed by atoms with van der Waals surface area (Å²) in [4.78, 5) is 0. The molecule has 1 aromatic rings. The molecule has 1 aromatic carbocycles. The predicted molar refractivity (Wildman–Crippen MR) is 89.2 cm³/mol. The molecule has 0 saturated carbocycles. The van der Waals surface area contributed by atoms with Gasteiger partial charge in [-0.05, 0) is 37.9 Å². The molecular weight excluding hydrogens is 308 g/mol. The molecule has 2 N–H and O–H groups in total. The average Bonchev–Trinajstić information content (AvgIpc) is 2.37. The number of hydrogen-bond acceptors (Lipinski definition) is 3. The lowest BCUT2D eigenvalue weighted by molar-refractivity contribution is 0.549. The highest BCUT2D eigenvalue weighted by atomic mass is 35.5. The first-order valence-electron chi connectivity index (χ1n) is 7.29. The Hall–Kier alpha value is -0.620. The van der Waals surface area contributed by atoms with Crippen LogP contribution in [0.5, 0.6) is 0 Å². The summed E-state index contributed by atoms with van der Waals surface area (Å²) in [6.07, 6.45) is 1.49. The Bertz CT molecular complexity index is 532. The molecule has 1 atom stereocenters. The van der Waals surface area contributed by atoms with Crippen LogP contribution in [0.3, 0.4) is 0 Å². The smallest absolute Gasteiger partial charge is 0.212 e. The molecule has 0 heterocycles. The van der Waals surface area contributed by atoms with Gasteiger partial charge in [-0.3, -0.25) is 0 Å². The molecule has 0 radical (unpaired) electrons. The van der Waals surface area contributed by atoms with Crippen molar-refractivity contribution in [1.29, 1.82) is 0 Å². The molecule has 1 unspecified atom stereocenters. The topological polar surface area (TPSA) is 58.2 Å². The first-order chi connectivity index (χ1) is 9.82. The fourth-order valence-electron chi connectivity index (χ4n) is 2.03. The third kappa shape index (κ3) is 7.27. The summed E-state index contributed by atoms with van der Waals surface area (Å²) in [5.74, 6) is 0.140. The first kappa shape index (κ1) is 18.4. The van der Waals surface area contributed by atoms with Crippen molar-refractivity contribution in [2.24, 2.45) is 0 Å². The molecule has 4 nitrogen and oxygen atoms in total. The van der Waals surface area contributed by atoms with Gasteiger partial charge >= 0.3 is 0 Å². The second-order valence-corrected chi connectivity index (χ2v) is 7.78. The number of benzene rings is 1. The number of unbranched alkanes of at least 4 members (excludes halogenated alkanes) is 1. The van der Waals surface area contributed by atoms with Crippen molar-refractivity contribution in [2.45, 2.75) is 45.7 Å².